The van der Waals surface area contributed by atoms with Crippen LogP contribution in [-0.2, 0) is 11.3 Å². The number of amides is 1. The number of carbonyl (C=O) groups is 1. The summed E-state index contributed by atoms with van der Waals surface area (Å²) in [6, 6.07) is 9.53. The van der Waals surface area contributed by atoms with Gasteiger partial charge in [-0.2, -0.15) is 0 Å². The van der Waals surface area contributed by atoms with Gasteiger partial charge >= 0.3 is 0 Å². The molecule has 1 heterocycles. The fraction of sp³-hybridized carbons (Fsp3) is 0.400. The summed E-state index contributed by atoms with van der Waals surface area (Å²) in [4.78, 5) is 16.4. The predicted molar refractivity (Wildman–Crippen MR) is 95.1 cm³/mol. The van der Waals surface area contributed by atoms with Gasteiger partial charge in [0.05, 0.1) is 0 Å². The Hall–Kier alpha value is -2.47. The first-order chi connectivity index (χ1) is 12.6. The van der Waals surface area contributed by atoms with E-state index in [2.05, 4.69) is 10.3 Å². The molecule has 0 aliphatic heterocycles. The van der Waals surface area contributed by atoms with E-state index in [0.717, 1.165) is 32.1 Å². The lowest BCUT2D eigenvalue weighted by Crippen LogP contribution is -2.39. The summed E-state index contributed by atoms with van der Waals surface area (Å²) >= 11 is 0. The number of hydrogen-bond donors (Lipinski definition) is 2. The van der Waals surface area contributed by atoms with E-state index in [1.807, 2.05) is 0 Å². The summed E-state index contributed by atoms with van der Waals surface area (Å²) in [5.41, 5.74) is 0.611. The molecule has 0 saturated heterocycles. The van der Waals surface area contributed by atoms with Crippen molar-refractivity contribution in [3.05, 3.63) is 54.0 Å². The molecule has 1 aliphatic carbocycles. The molecule has 0 spiro atoms. The highest BCUT2D eigenvalue weighted by molar-refractivity contribution is 5.80. The van der Waals surface area contributed by atoms with Crippen LogP contribution in [0, 0.1) is 11.7 Å². The third-order valence-corrected chi connectivity index (χ3v) is 4.71. The second-order valence-electron chi connectivity index (χ2n) is 6.56. The van der Waals surface area contributed by atoms with Gasteiger partial charge in [-0.15, -0.1) is 0 Å². The van der Waals surface area contributed by atoms with E-state index in [9.17, 15) is 14.3 Å². The fourth-order valence-corrected chi connectivity index (χ4v) is 3.23. The second kappa shape index (κ2) is 8.76. The van der Waals surface area contributed by atoms with Crippen LogP contribution in [0.15, 0.2) is 42.6 Å². The number of nitrogens with zero attached hydrogens (tertiary/aromatic N) is 1. The van der Waals surface area contributed by atoms with E-state index >= 15 is 0 Å². The number of rotatable bonds is 6. The first-order valence-corrected chi connectivity index (χ1v) is 8.97. The summed E-state index contributed by atoms with van der Waals surface area (Å²) in [5, 5.41) is 13.0. The first-order valence-electron chi connectivity index (χ1n) is 8.97. The molecular weight excluding hydrogens is 335 g/mol. The lowest BCUT2D eigenvalue weighted by Gasteiger charge is -2.25. The molecule has 138 valence electrons. The molecule has 1 aromatic carbocycles. The zero-order valence-corrected chi connectivity index (χ0v) is 14.5. The number of carbonyl (C=O) groups excluding carboxylic acids is 1. The van der Waals surface area contributed by atoms with Crippen molar-refractivity contribution in [3.63, 3.8) is 0 Å². The molecule has 6 heteroatoms. The minimum Gasteiger partial charge on any atom is -0.436 e. The van der Waals surface area contributed by atoms with E-state index in [4.69, 9.17) is 4.74 Å². The van der Waals surface area contributed by atoms with Crippen molar-refractivity contribution in [1.29, 1.82) is 0 Å². The van der Waals surface area contributed by atoms with E-state index in [1.54, 1.807) is 30.5 Å². The maximum Gasteiger partial charge on any atom is 0.249 e. The third-order valence-electron chi connectivity index (χ3n) is 4.71. The van der Waals surface area contributed by atoms with Crippen LogP contribution in [0.3, 0.4) is 0 Å². The van der Waals surface area contributed by atoms with Gasteiger partial charge in [0.15, 0.2) is 11.6 Å². The Balaban J connectivity index is 1.63. The van der Waals surface area contributed by atoms with E-state index < -0.39 is 17.8 Å². The number of pyridine rings is 1. The number of aliphatic hydroxyl groups is 1. The number of halogens is 1. The van der Waals surface area contributed by atoms with Gasteiger partial charge < -0.3 is 15.2 Å². The number of aliphatic hydroxyl groups excluding tert-OH is 1. The molecule has 5 nitrogen and oxygen atoms in total. The Morgan fingerprint density at radius 2 is 2.00 bits per heavy atom. The summed E-state index contributed by atoms with van der Waals surface area (Å²) in [5.74, 6) is -0.559. The molecule has 2 N–H and O–H groups in total. The summed E-state index contributed by atoms with van der Waals surface area (Å²) in [6.45, 7) is 0.153. The molecule has 0 bridgehead atoms. The van der Waals surface area contributed by atoms with Gasteiger partial charge in [-0.05, 0) is 37.0 Å². The van der Waals surface area contributed by atoms with Crippen LogP contribution in [0.2, 0.25) is 0 Å². The van der Waals surface area contributed by atoms with Crippen molar-refractivity contribution in [2.45, 2.75) is 44.8 Å². The largest absolute Gasteiger partial charge is 0.436 e. The molecule has 0 radical (unpaired) electrons. The highest BCUT2D eigenvalue weighted by Gasteiger charge is 2.27. The summed E-state index contributed by atoms with van der Waals surface area (Å²) in [6.07, 6.45) is 5.57. The van der Waals surface area contributed by atoms with Crippen molar-refractivity contribution in [2.75, 3.05) is 0 Å². The van der Waals surface area contributed by atoms with E-state index in [0.29, 0.717) is 5.56 Å². The topological polar surface area (TPSA) is 71.5 Å². The van der Waals surface area contributed by atoms with Crippen LogP contribution in [0.25, 0.3) is 0 Å². The van der Waals surface area contributed by atoms with Gasteiger partial charge in [0.25, 0.3) is 0 Å². The van der Waals surface area contributed by atoms with Gasteiger partial charge in [-0.25, -0.2) is 9.37 Å². The van der Waals surface area contributed by atoms with Crippen molar-refractivity contribution in [1.82, 2.24) is 10.3 Å². The average molecular weight is 358 g/mol. The monoisotopic (exact) mass is 358 g/mol. The average Bonchev–Trinajstić information content (AvgIpc) is 2.69. The zero-order valence-electron chi connectivity index (χ0n) is 14.5. The molecule has 0 unspecified atom stereocenters. The molecule has 1 saturated carbocycles. The van der Waals surface area contributed by atoms with Crippen molar-refractivity contribution < 1.29 is 19.0 Å². The normalized spacial score (nSPS) is 16.1. The van der Waals surface area contributed by atoms with Gasteiger partial charge in [-0.3, -0.25) is 4.79 Å². The van der Waals surface area contributed by atoms with Crippen LogP contribution in [0.5, 0.6) is 11.6 Å². The number of ether oxygens (including phenoxy) is 1. The molecule has 3 rings (SSSR count). The third kappa shape index (κ3) is 4.58. The smallest absolute Gasteiger partial charge is 0.249 e. The van der Waals surface area contributed by atoms with Crippen LogP contribution in [0.4, 0.5) is 4.39 Å². The second-order valence-corrected chi connectivity index (χ2v) is 6.56. The maximum atomic E-state index is 13.8. The highest BCUT2D eigenvalue weighted by atomic mass is 19.1. The fourth-order valence-electron chi connectivity index (χ4n) is 3.23. The molecule has 2 aromatic rings. The molecule has 1 atom stereocenters. The Kier molecular flexibility index (Phi) is 6.17. The van der Waals surface area contributed by atoms with Crippen LogP contribution in [-0.4, -0.2) is 22.1 Å². The summed E-state index contributed by atoms with van der Waals surface area (Å²) < 4.78 is 19.3. The minimum absolute atomic E-state index is 0.0202. The number of hydrogen-bond acceptors (Lipinski definition) is 4. The minimum atomic E-state index is -0.997. The molecule has 1 aromatic heterocycles. The Labute approximate surface area is 152 Å². The van der Waals surface area contributed by atoms with Gasteiger partial charge in [0.2, 0.25) is 11.8 Å². The quantitative estimate of drug-likeness (QED) is 0.828. The molecule has 1 fully saturated rings. The van der Waals surface area contributed by atoms with Crippen molar-refractivity contribution in [3.8, 4) is 11.6 Å². The molecule has 26 heavy (non-hydrogen) atoms. The van der Waals surface area contributed by atoms with Crippen LogP contribution in [0.1, 0.15) is 37.7 Å². The Bertz CT molecular complexity index is 747. The van der Waals surface area contributed by atoms with Gasteiger partial charge in [-0.1, -0.05) is 37.5 Å². The van der Waals surface area contributed by atoms with Crippen molar-refractivity contribution in [2.24, 2.45) is 5.92 Å². The Morgan fingerprint density at radius 1 is 1.23 bits per heavy atom. The predicted octanol–water partition coefficient (Wildman–Crippen LogP) is 3.57. The summed E-state index contributed by atoms with van der Waals surface area (Å²) in [7, 11) is 0. The number of nitrogens with one attached hydrogen (secondary N) is 1. The van der Waals surface area contributed by atoms with Gasteiger partial charge in [0, 0.05) is 18.3 Å². The van der Waals surface area contributed by atoms with Crippen molar-refractivity contribution >= 4 is 5.91 Å². The van der Waals surface area contributed by atoms with Crippen LogP contribution >= 0.6 is 0 Å². The molecule has 1 amide bonds. The Morgan fingerprint density at radius 3 is 2.77 bits per heavy atom. The lowest BCUT2D eigenvalue weighted by atomic mass is 9.85. The van der Waals surface area contributed by atoms with Gasteiger partial charge in [0.1, 0.15) is 6.10 Å². The van der Waals surface area contributed by atoms with E-state index in [-0.39, 0.29) is 24.1 Å². The maximum absolute atomic E-state index is 13.8. The molecule has 1 aliphatic rings. The first kappa shape index (κ1) is 18.3. The van der Waals surface area contributed by atoms with E-state index in [1.165, 1.54) is 12.1 Å². The molecular formula is C20H23FN2O3. The number of para-hydroxylation sites is 1. The number of aromatic nitrogens is 1. The number of benzene rings is 1. The highest BCUT2D eigenvalue weighted by Crippen LogP contribution is 2.27. The standard InChI is InChI=1S/C20H23FN2O3/c21-16-10-4-5-11-17(16)26-20-15(9-6-12-22-20)13-23-19(25)18(24)14-7-2-1-3-8-14/h4-6,9-12,14,18,24H,1-3,7-8,13H2,(H,23,25)/t18-/m1/s1. The van der Waals surface area contributed by atoms with Crippen LogP contribution < -0.4 is 10.1 Å². The SMILES string of the molecule is O=C(NCc1cccnc1Oc1ccccc1F)[C@H](O)C1CCCCC1. The zero-order chi connectivity index (χ0) is 18.4. The lowest BCUT2D eigenvalue weighted by molar-refractivity contribution is -0.132.